The summed E-state index contributed by atoms with van der Waals surface area (Å²) in [6.07, 6.45) is 0.741. The molecule has 0 saturated carbocycles. The Balaban J connectivity index is 2.09. The Kier molecular flexibility index (Phi) is 6.87. The minimum absolute atomic E-state index is 0.00307. The summed E-state index contributed by atoms with van der Waals surface area (Å²) in [7, 11) is 2.69. The Hall–Kier alpha value is -3.04. The summed E-state index contributed by atoms with van der Waals surface area (Å²) in [4.78, 5) is 34.0. The standard InChI is InChI=1S/C21H22ClFN4O4/c1-5-17(28)27-6-7-31-19(11(27)2)12-8-14(25-16(22)9-12)13-10-15(20(29)24-3)26-21(30-4)18(13)23/h5,8-11,19H,1,6-7H2,2-4H3,(H,24,29)/t11-,19+/m0/s1. The first-order chi connectivity index (χ1) is 14.8. The number of halogens is 2. The summed E-state index contributed by atoms with van der Waals surface area (Å²) >= 11 is 6.24. The van der Waals surface area contributed by atoms with Crippen LogP contribution in [0.15, 0.2) is 30.9 Å². The Bertz CT molecular complexity index is 1030. The van der Waals surface area contributed by atoms with Crippen LogP contribution >= 0.6 is 11.6 Å². The molecule has 2 atom stereocenters. The van der Waals surface area contributed by atoms with Gasteiger partial charge in [0.05, 0.1) is 25.5 Å². The Labute approximate surface area is 184 Å². The van der Waals surface area contributed by atoms with Crippen molar-refractivity contribution in [3.8, 4) is 17.1 Å². The van der Waals surface area contributed by atoms with Gasteiger partial charge in [-0.2, -0.15) is 0 Å². The van der Waals surface area contributed by atoms with E-state index in [9.17, 15) is 9.59 Å². The molecule has 3 rings (SSSR count). The molecular weight excluding hydrogens is 427 g/mol. The lowest BCUT2D eigenvalue weighted by atomic mass is 9.99. The van der Waals surface area contributed by atoms with Gasteiger partial charge < -0.3 is 19.7 Å². The molecule has 2 aromatic rings. The Morgan fingerprint density at radius 2 is 2.13 bits per heavy atom. The van der Waals surface area contributed by atoms with E-state index in [4.69, 9.17) is 21.1 Å². The number of carbonyl (C=O) groups excluding carboxylic acids is 2. The van der Waals surface area contributed by atoms with Gasteiger partial charge in [-0.3, -0.25) is 9.59 Å². The van der Waals surface area contributed by atoms with Crippen LogP contribution < -0.4 is 10.1 Å². The number of aromatic nitrogens is 2. The van der Waals surface area contributed by atoms with Crippen molar-refractivity contribution in [2.75, 3.05) is 27.3 Å². The van der Waals surface area contributed by atoms with E-state index in [0.29, 0.717) is 18.7 Å². The average Bonchev–Trinajstić information content (AvgIpc) is 2.77. The Morgan fingerprint density at radius 3 is 2.77 bits per heavy atom. The number of rotatable bonds is 5. The molecule has 1 N–H and O–H groups in total. The molecule has 1 aliphatic heterocycles. The number of amides is 2. The molecule has 164 valence electrons. The predicted molar refractivity (Wildman–Crippen MR) is 112 cm³/mol. The van der Waals surface area contributed by atoms with Gasteiger partial charge in [-0.25, -0.2) is 14.4 Å². The van der Waals surface area contributed by atoms with Gasteiger partial charge in [-0.15, -0.1) is 0 Å². The van der Waals surface area contributed by atoms with E-state index in [1.54, 1.807) is 17.0 Å². The first-order valence-corrected chi connectivity index (χ1v) is 9.87. The zero-order valence-corrected chi connectivity index (χ0v) is 18.1. The second kappa shape index (κ2) is 9.40. The van der Waals surface area contributed by atoms with Crippen LogP contribution in [0.2, 0.25) is 5.15 Å². The highest BCUT2D eigenvalue weighted by atomic mass is 35.5. The summed E-state index contributed by atoms with van der Waals surface area (Å²) in [5.74, 6) is -1.84. The van der Waals surface area contributed by atoms with Crippen molar-refractivity contribution in [3.05, 3.63) is 53.1 Å². The third kappa shape index (κ3) is 4.52. The third-order valence-electron chi connectivity index (χ3n) is 5.02. The van der Waals surface area contributed by atoms with Crippen LogP contribution in [0.1, 0.15) is 29.1 Å². The first kappa shape index (κ1) is 22.6. The largest absolute Gasteiger partial charge is 0.479 e. The molecule has 31 heavy (non-hydrogen) atoms. The smallest absolute Gasteiger partial charge is 0.269 e. The fourth-order valence-corrected chi connectivity index (χ4v) is 3.70. The number of nitrogens with zero attached hydrogens (tertiary/aromatic N) is 3. The number of hydrogen-bond acceptors (Lipinski definition) is 6. The van der Waals surface area contributed by atoms with Crippen molar-refractivity contribution in [2.24, 2.45) is 0 Å². The lowest BCUT2D eigenvalue weighted by molar-refractivity contribution is -0.140. The van der Waals surface area contributed by atoms with Gasteiger partial charge >= 0.3 is 0 Å². The molecule has 10 heteroatoms. The van der Waals surface area contributed by atoms with Gasteiger partial charge in [-0.1, -0.05) is 18.2 Å². The van der Waals surface area contributed by atoms with Crippen LogP contribution in [0.5, 0.6) is 5.88 Å². The van der Waals surface area contributed by atoms with Crippen LogP contribution in [0, 0.1) is 5.82 Å². The van der Waals surface area contributed by atoms with E-state index in [2.05, 4.69) is 21.9 Å². The van der Waals surface area contributed by atoms with Crippen molar-refractivity contribution >= 4 is 23.4 Å². The van der Waals surface area contributed by atoms with E-state index in [1.165, 1.54) is 26.3 Å². The summed E-state index contributed by atoms with van der Waals surface area (Å²) in [5, 5.41) is 2.54. The van der Waals surface area contributed by atoms with Crippen LogP contribution in [0.25, 0.3) is 11.3 Å². The summed E-state index contributed by atoms with van der Waals surface area (Å²) in [6, 6.07) is 4.17. The van der Waals surface area contributed by atoms with Crippen LogP contribution in [-0.4, -0.2) is 60.0 Å². The normalized spacial score (nSPS) is 18.4. The molecule has 0 bridgehead atoms. The highest BCUT2D eigenvalue weighted by molar-refractivity contribution is 6.29. The minimum Gasteiger partial charge on any atom is -0.479 e. The van der Waals surface area contributed by atoms with Crippen molar-refractivity contribution in [1.82, 2.24) is 20.2 Å². The predicted octanol–water partition coefficient (Wildman–Crippen LogP) is 2.78. The van der Waals surface area contributed by atoms with Crippen molar-refractivity contribution in [3.63, 3.8) is 0 Å². The van der Waals surface area contributed by atoms with Gasteiger partial charge in [0, 0.05) is 19.2 Å². The van der Waals surface area contributed by atoms with Crippen LogP contribution in [0.3, 0.4) is 0 Å². The summed E-state index contributed by atoms with van der Waals surface area (Å²) in [5.41, 5.74) is 0.746. The lowest BCUT2D eigenvalue weighted by Crippen LogP contribution is -2.48. The Morgan fingerprint density at radius 1 is 1.39 bits per heavy atom. The van der Waals surface area contributed by atoms with Crippen molar-refractivity contribution < 1.29 is 23.5 Å². The monoisotopic (exact) mass is 448 g/mol. The minimum atomic E-state index is -0.781. The quantitative estimate of drug-likeness (QED) is 0.558. The number of ether oxygens (including phenoxy) is 2. The molecule has 1 aliphatic rings. The topological polar surface area (TPSA) is 93.7 Å². The molecule has 8 nitrogen and oxygen atoms in total. The average molecular weight is 449 g/mol. The summed E-state index contributed by atoms with van der Waals surface area (Å²) in [6.45, 7) is 6.13. The second-order valence-electron chi connectivity index (χ2n) is 6.83. The molecule has 0 spiro atoms. The molecule has 3 heterocycles. The molecule has 2 amide bonds. The SMILES string of the molecule is C=CC(=O)N1CCO[C@@H](c2cc(Cl)nc(-c3cc(C(=O)NC)nc(OC)c3F)c2)[C@@H]1C. The highest BCUT2D eigenvalue weighted by Gasteiger charge is 2.33. The number of morpholine rings is 1. The summed E-state index contributed by atoms with van der Waals surface area (Å²) < 4.78 is 25.9. The van der Waals surface area contributed by atoms with Gasteiger partial charge in [-0.05, 0) is 36.8 Å². The molecule has 2 aromatic heterocycles. The fraction of sp³-hybridized carbons (Fsp3) is 0.333. The number of pyridine rings is 2. The lowest BCUT2D eigenvalue weighted by Gasteiger charge is -2.39. The van der Waals surface area contributed by atoms with Gasteiger partial charge in [0.15, 0.2) is 5.82 Å². The van der Waals surface area contributed by atoms with Crippen molar-refractivity contribution in [2.45, 2.75) is 19.1 Å². The number of nitrogens with one attached hydrogen (secondary N) is 1. The number of methoxy groups -OCH3 is 1. The highest BCUT2D eigenvalue weighted by Crippen LogP contribution is 2.34. The molecule has 1 fully saturated rings. The van der Waals surface area contributed by atoms with E-state index in [1.807, 2.05) is 6.92 Å². The van der Waals surface area contributed by atoms with Gasteiger partial charge in [0.2, 0.25) is 5.91 Å². The molecule has 0 aliphatic carbocycles. The maximum atomic E-state index is 15.0. The van der Waals surface area contributed by atoms with Gasteiger partial charge in [0.1, 0.15) is 17.0 Å². The number of carbonyl (C=O) groups is 2. The second-order valence-corrected chi connectivity index (χ2v) is 7.22. The first-order valence-electron chi connectivity index (χ1n) is 9.49. The van der Waals surface area contributed by atoms with Crippen LogP contribution in [-0.2, 0) is 9.53 Å². The fourth-order valence-electron chi connectivity index (χ4n) is 3.48. The third-order valence-corrected chi connectivity index (χ3v) is 5.21. The maximum absolute atomic E-state index is 15.0. The van der Waals surface area contributed by atoms with E-state index >= 15 is 4.39 Å². The number of hydrogen-bond donors (Lipinski definition) is 1. The van der Waals surface area contributed by atoms with Gasteiger partial charge in [0.25, 0.3) is 11.8 Å². The zero-order chi connectivity index (χ0) is 22.7. The zero-order valence-electron chi connectivity index (χ0n) is 17.3. The van der Waals surface area contributed by atoms with E-state index in [0.717, 1.165) is 0 Å². The van der Waals surface area contributed by atoms with Crippen molar-refractivity contribution in [1.29, 1.82) is 0 Å². The molecule has 0 aromatic carbocycles. The van der Waals surface area contributed by atoms with Crippen LogP contribution in [0.4, 0.5) is 4.39 Å². The molecule has 0 radical (unpaired) electrons. The maximum Gasteiger partial charge on any atom is 0.269 e. The van der Waals surface area contributed by atoms with E-state index < -0.39 is 17.8 Å². The molecule has 1 saturated heterocycles. The molecule has 0 unspecified atom stereocenters. The molecular formula is C21H22ClFN4O4. The van der Waals surface area contributed by atoms with E-state index in [-0.39, 0.29) is 39.9 Å².